The van der Waals surface area contributed by atoms with E-state index in [0.717, 1.165) is 77.0 Å². The van der Waals surface area contributed by atoms with Crippen molar-refractivity contribution in [2.45, 2.75) is 399 Å². The van der Waals surface area contributed by atoms with Crippen molar-refractivity contribution in [3.8, 4) is 0 Å². The molecule has 1 atom stereocenters. The number of carbonyl (C=O) groups excluding carboxylic acids is 3. The van der Waals surface area contributed by atoms with Crippen LogP contribution in [0.5, 0.6) is 0 Å². The van der Waals surface area contributed by atoms with Crippen LogP contribution in [0, 0.1) is 0 Å². The van der Waals surface area contributed by atoms with Gasteiger partial charge in [0, 0.05) is 19.3 Å². The lowest BCUT2D eigenvalue weighted by atomic mass is 10.0. The summed E-state index contributed by atoms with van der Waals surface area (Å²) in [7, 11) is 0. The van der Waals surface area contributed by atoms with Crippen LogP contribution in [-0.2, 0) is 28.6 Å². The summed E-state index contributed by atoms with van der Waals surface area (Å²) < 4.78 is 16.9. The van der Waals surface area contributed by atoms with E-state index in [2.05, 4.69) is 57.2 Å². The Hall–Kier alpha value is -2.37. The van der Waals surface area contributed by atoms with Gasteiger partial charge in [0.1, 0.15) is 13.2 Å². The average Bonchev–Trinajstić information content (AvgIpc) is 3.45. The number of ether oxygens (including phenoxy) is 3. The molecule has 0 aliphatic carbocycles. The molecule has 0 spiro atoms. The fourth-order valence-corrected chi connectivity index (χ4v) is 10.8. The van der Waals surface area contributed by atoms with Crippen molar-refractivity contribution >= 4 is 17.9 Å². The van der Waals surface area contributed by atoms with Crippen molar-refractivity contribution in [3.63, 3.8) is 0 Å². The van der Waals surface area contributed by atoms with Gasteiger partial charge in [-0.25, -0.2) is 0 Å². The Labute approximate surface area is 493 Å². The van der Waals surface area contributed by atoms with Crippen molar-refractivity contribution in [3.05, 3.63) is 36.5 Å². The third-order valence-electron chi connectivity index (χ3n) is 16.1. The Morgan fingerprint density at radius 1 is 0.253 bits per heavy atom. The summed E-state index contributed by atoms with van der Waals surface area (Å²) in [5.41, 5.74) is 0. The summed E-state index contributed by atoms with van der Waals surface area (Å²) in [6, 6.07) is 0. The summed E-state index contributed by atoms with van der Waals surface area (Å²) in [6.07, 6.45) is 84.8. The monoisotopic (exact) mass is 1110 g/mol. The summed E-state index contributed by atoms with van der Waals surface area (Å²) in [4.78, 5) is 38.3. The van der Waals surface area contributed by atoms with Crippen LogP contribution in [0.3, 0.4) is 0 Å². The van der Waals surface area contributed by atoms with E-state index in [4.69, 9.17) is 14.2 Å². The Kier molecular flexibility index (Phi) is 66.1. The average molecular weight is 1110 g/mol. The van der Waals surface area contributed by atoms with Crippen molar-refractivity contribution < 1.29 is 28.6 Å². The number of carbonyl (C=O) groups is 3. The maximum atomic E-state index is 12.9. The molecular formula is C73H136O6. The summed E-state index contributed by atoms with van der Waals surface area (Å²) in [6.45, 7) is 6.63. The molecule has 0 fully saturated rings. The molecular weight excluding hydrogens is 973 g/mol. The first-order chi connectivity index (χ1) is 39.0. The molecule has 0 rings (SSSR count). The second-order valence-electron chi connectivity index (χ2n) is 24.1. The van der Waals surface area contributed by atoms with E-state index in [9.17, 15) is 14.4 Å². The van der Waals surface area contributed by atoms with E-state index in [0.29, 0.717) is 19.3 Å². The standard InChI is InChI=1S/C73H136O6/c1-4-7-10-13-16-19-22-24-26-28-30-32-34-36-38-39-41-43-45-47-49-51-54-57-60-63-66-72(75)78-69-70(68-77-71(74)65-62-59-56-53-21-18-15-12-9-6-3)79-73(76)67-64-61-58-55-52-50-48-46-44-42-40-37-35-33-31-29-27-25-23-20-17-14-11-8-5-2/h12,15,23,25,29,31,70H,4-11,13-14,16-22,24,26-28,30,32-69H2,1-3H3/b15-12-,25-23-,31-29-. The third-order valence-corrected chi connectivity index (χ3v) is 16.1. The summed E-state index contributed by atoms with van der Waals surface area (Å²) in [5, 5.41) is 0. The van der Waals surface area contributed by atoms with Gasteiger partial charge < -0.3 is 14.2 Å². The molecule has 0 N–H and O–H groups in total. The van der Waals surface area contributed by atoms with Crippen molar-refractivity contribution in [1.82, 2.24) is 0 Å². The number of esters is 3. The fraction of sp³-hybridized carbons (Fsp3) is 0.877. The lowest BCUT2D eigenvalue weighted by molar-refractivity contribution is -0.167. The summed E-state index contributed by atoms with van der Waals surface area (Å²) in [5.74, 6) is -0.856. The van der Waals surface area contributed by atoms with Crippen LogP contribution in [0.1, 0.15) is 393 Å². The van der Waals surface area contributed by atoms with Gasteiger partial charge in [-0.05, 0) is 70.6 Å². The highest BCUT2D eigenvalue weighted by Crippen LogP contribution is 2.19. The van der Waals surface area contributed by atoms with E-state index in [1.165, 1.54) is 276 Å². The van der Waals surface area contributed by atoms with Crippen LogP contribution >= 0.6 is 0 Å². The molecule has 0 saturated heterocycles. The SMILES string of the molecule is CCC/C=C\CCCCCCCC(=O)OCC(COC(=O)CCCCCCCCCCCCCCCCCCCCCCCCCCCC)OC(=O)CCCCCCCCCCCCCCC/C=C\C/C=C\CCCCCCC. The first-order valence-corrected chi connectivity index (χ1v) is 35.5. The highest BCUT2D eigenvalue weighted by molar-refractivity contribution is 5.71. The molecule has 0 aliphatic rings. The Morgan fingerprint density at radius 2 is 0.481 bits per heavy atom. The lowest BCUT2D eigenvalue weighted by Crippen LogP contribution is -2.30. The molecule has 0 heterocycles. The number of allylic oxidation sites excluding steroid dienone is 6. The first-order valence-electron chi connectivity index (χ1n) is 35.5. The van der Waals surface area contributed by atoms with E-state index >= 15 is 0 Å². The van der Waals surface area contributed by atoms with Gasteiger partial charge in [0.2, 0.25) is 0 Å². The maximum absolute atomic E-state index is 12.9. The zero-order chi connectivity index (χ0) is 57.1. The molecule has 0 aliphatic heterocycles. The minimum Gasteiger partial charge on any atom is -0.462 e. The molecule has 464 valence electrons. The second-order valence-corrected chi connectivity index (χ2v) is 24.1. The first kappa shape index (κ1) is 76.6. The van der Waals surface area contributed by atoms with Crippen LogP contribution < -0.4 is 0 Å². The Morgan fingerprint density at radius 3 is 0.759 bits per heavy atom. The normalized spacial score (nSPS) is 12.2. The zero-order valence-electron chi connectivity index (χ0n) is 53.4. The molecule has 0 radical (unpaired) electrons. The Bertz CT molecular complexity index is 1320. The van der Waals surface area contributed by atoms with Crippen molar-refractivity contribution in [2.75, 3.05) is 13.2 Å². The van der Waals surface area contributed by atoms with Crippen LogP contribution in [0.2, 0.25) is 0 Å². The molecule has 0 aromatic heterocycles. The van der Waals surface area contributed by atoms with E-state index in [1.807, 2.05) is 0 Å². The van der Waals surface area contributed by atoms with Gasteiger partial charge in [-0.2, -0.15) is 0 Å². The third kappa shape index (κ3) is 66.3. The Balaban J connectivity index is 4.13. The predicted molar refractivity (Wildman–Crippen MR) is 344 cm³/mol. The van der Waals surface area contributed by atoms with Gasteiger partial charge in [-0.15, -0.1) is 0 Å². The smallest absolute Gasteiger partial charge is 0.306 e. The van der Waals surface area contributed by atoms with Crippen LogP contribution in [0.4, 0.5) is 0 Å². The van der Waals surface area contributed by atoms with Gasteiger partial charge in [-0.1, -0.05) is 340 Å². The molecule has 79 heavy (non-hydrogen) atoms. The molecule has 0 amide bonds. The van der Waals surface area contributed by atoms with Crippen LogP contribution in [-0.4, -0.2) is 37.2 Å². The molecule has 0 aromatic rings. The van der Waals surface area contributed by atoms with E-state index in [1.54, 1.807) is 0 Å². The van der Waals surface area contributed by atoms with E-state index < -0.39 is 6.10 Å². The number of hydrogen-bond acceptors (Lipinski definition) is 6. The molecule has 1 unspecified atom stereocenters. The highest BCUT2D eigenvalue weighted by Gasteiger charge is 2.19. The van der Waals surface area contributed by atoms with Gasteiger partial charge in [0.25, 0.3) is 0 Å². The second kappa shape index (κ2) is 68.1. The minimum absolute atomic E-state index is 0.0702. The van der Waals surface area contributed by atoms with E-state index in [-0.39, 0.29) is 31.1 Å². The van der Waals surface area contributed by atoms with Gasteiger partial charge >= 0.3 is 17.9 Å². The number of unbranched alkanes of at least 4 members (excludes halogenated alkanes) is 49. The molecule has 6 heteroatoms. The fourth-order valence-electron chi connectivity index (χ4n) is 10.8. The number of rotatable bonds is 66. The topological polar surface area (TPSA) is 78.9 Å². The summed E-state index contributed by atoms with van der Waals surface area (Å²) >= 11 is 0. The predicted octanol–water partition coefficient (Wildman–Crippen LogP) is 24.3. The minimum atomic E-state index is -0.774. The van der Waals surface area contributed by atoms with Gasteiger partial charge in [0.05, 0.1) is 0 Å². The van der Waals surface area contributed by atoms with Gasteiger partial charge in [0.15, 0.2) is 6.10 Å². The number of hydrogen-bond donors (Lipinski definition) is 0. The largest absolute Gasteiger partial charge is 0.462 e. The quantitative estimate of drug-likeness (QED) is 0.0261. The van der Waals surface area contributed by atoms with Crippen molar-refractivity contribution in [2.24, 2.45) is 0 Å². The zero-order valence-corrected chi connectivity index (χ0v) is 53.4. The van der Waals surface area contributed by atoms with Crippen LogP contribution in [0.15, 0.2) is 36.5 Å². The molecule has 0 saturated carbocycles. The molecule has 6 nitrogen and oxygen atoms in total. The van der Waals surface area contributed by atoms with Crippen LogP contribution in [0.25, 0.3) is 0 Å². The maximum Gasteiger partial charge on any atom is 0.306 e. The lowest BCUT2D eigenvalue weighted by Gasteiger charge is -2.18. The van der Waals surface area contributed by atoms with Gasteiger partial charge in [-0.3, -0.25) is 14.4 Å². The molecule has 0 aromatic carbocycles. The molecule has 0 bridgehead atoms. The van der Waals surface area contributed by atoms with Crippen molar-refractivity contribution in [1.29, 1.82) is 0 Å². The highest BCUT2D eigenvalue weighted by atomic mass is 16.6.